The first kappa shape index (κ1) is 14.6. The Morgan fingerprint density at radius 1 is 1.44 bits per heavy atom. The summed E-state index contributed by atoms with van der Waals surface area (Å²) in [5, 5.41) is 10.7. The van der Waals surface area contributed by atoms with Crippen molar-refractivity contribution in [3.05, 3.63) is 37.0 Å². The van der Waals surface area contributed by atoms with Gasteiger partial charge in [-0.2, -0.15) is 5.26 Å². The molecule has 0 aromatic carbocycles. The number of nitrogens with one attached hydrogen (secondary N) is 1. The number of rotatable bonds is 4. The first-order valence-corrected chi connectivity index (χ1v) is 5.46. The van der Waals surface area contributed by atoms with Crippen LogP contribution in [0.3, 0.4) is 0 Å². The standard InChI is InChI=1S/C11H18N2.C2H3N/c1-3-5-11(4-2)10-13-8-6-12-7-9-13;1-2-3/h3-5,12H,1-2,6-10H2;1H3/b11-5+;. The van der Waals surface area contributed by atoms with Gasteiger partial charge in [-0.05, 0) is 5.57 Å². The van der Waals surface area contributed by atoms with Crippen LogP contribution in [0.5, 0.6) is 0 Å². The Morgan fingerprint density at radius 2 is 2.00 bits per heavy atom. The molecule has 1 aliphatic rings. The van der Waals surface area contributed by atoms with Crippen molar-refractivity contribution in [2.75, 3.05) is 32.7 Å². The maximum absolute atomic E-state index is 7.32. The van der Waals surface area contributed by atoms with Gasteiger partial charge in [-0.3, -0.25) is 4.90 Å². The summed E-state index contributed by atoms with van der Waals surface area (Å²) in [6.45, 7) is 14.3. The molecule has 0 aromatic heterocycles. The van der Waals surface area contributed by atoms with Crippen LogP contribution in [0.25, 0.3) is 0 Å². The second-order valence-electron chi connectivity index (χ2n) is 3.43. The highest BCUT2D eigenvalue weighted by atomic mass is 15.2. The van der Waals surface area contributed by atoms with Crippen LogP contribution in [-0.2, 0) is 0 Å². The smallest absolute Gasteiger partial charge is 0.0587 e. The second kappa shape index (κ2) is 10.2. The molecule has 1 heterocycles. The topological polar surface area (TPSA) is 39.1 Å². The highest BCUT2D eigenvalue weighted by molar-refractivity contribution is 5.22. The van der Waals surface area contributed by atoms with Crippen molar-refractivity contribution in [2.45, 2.75) is 6.92 Å². The molecule has 88 valence electrons. The van der Waals surface area contributed by atoms with Crippen LogP contribution in [-0.4, -0.2) is 37.6 Å². The van der Waals surface area contributed by atoms with Gasteiger partial charge in [-0.1, -0.05) is 31.4 Å². The van der Waals surface area contributed by atoms with Crippen LogP contribution in [0.4, 0.5) is 0 Å². The first-order valence-electron chi connectivity index (χ1n) is 5.46. The molecular formula is C13H21N3. The van der Waals surface area contributed by atoms with E-state index in [-0.39, 0.29) is 0 Å². The summed E-state index contributed by atoms with van der Waals surface area (Å²) in [7, 11) is 0. The summed E-state index contributed by atoms with van der Waals surface area (Å²) in [6.07, 6.45) is 5.75. The highest BCUT2D eigenvalue weighted by Gasteiger charge is 2.09. The Balaban J connectivity index is 0.000000673. The largest absolute Gasteiger partial charge is 0.314 e. The van der Waals surface area contributed by atoms with Crippen molar-refractivity contribution >= 4 is 0 Å². The lowest BCUT2D eigenvalue weighted by Crippen LogP contribution is -2.44. The number of piperazine rings is 1. The van der Waals surface area contributed by atoms with Gasteiger partial charge in [0.2, 0.25) is 0 Å². The van der Waals surface area contributed by atoms with E-state index in [1.165, 1.54) is 12.5 Å². The first-order chi connectivity index (χ1) is 7.78. The molecule has 3 heteroatoms. The van der Waals surface area contributed by atoms with Gasteiger partial charge in [-0.25, -0.2) is 0 Å². The van der Waals surface area contributed by atoms with Gasteiger partial charge in [0, 0.05) is 39.6 Å². The summed E-state index contributed by atoms with van der Waals surface area (Å²) in [4.78, 5) is 2.42. The van der Waals surface area contributed by atoms with Crippen LogP contribution in [0, 0.1) is 11.3 Å². The molecule has 1 rings (SSSR count). The van der Waals surface area contributed by atoms with Crippen molar-refractivity contribution in [2.24, 2.45) is 0 Å². The van der Waals surface area contributed by atoms with Gasteiger partial charge in [0.25, 0.3) is 0 Å². The lowest BCUT2D eigenvalue weighted by Gasteiger charge is -2.27. The van der Waals surface area contributed by atoms with Crippen LogP contribution in [0.2, 0.25) is 0 Å². The summed E-state index contributed by atoms with van der Waals surface area (Å²) < 4.78 is 0. The summed E-state index contributed by atoms with van der Waals surface area (Å²) in [5.41, 5.74) is 1.25. The molecule has 1 fully saturated rings. The van der Waals surface area contributed by atoms with Crippen LogP contribution >= 0.6 is 0 Å². The van der Waals surface area contributed by atoms with Gasteiger partial charge in [0.15, 0.2) is 0 Å². The molecule has 0 aliphatic carbocycles. The van der Waals surface area contributed by atoms with E-state index in [4.69, 9.17) is 5.26 Å². The van der Waals surface area contributed by atoms with Crippen molar-refractivity contribution in [1.29, 1.82) is 5.26 Å². The monoisotopic (exact) mass is 219 g/mol. The van der Waals surface area contributed by atoms with E-state index < -0.39 is 0 Å². The van der Waals surface area contributed by atoms with Crippen LogP contribution < -0.4 is 5.32 Å². The van der Waals surface area contributed by atoms with Crippen LogP contribution in [0.1, 0.15) is 6.92 Å². The average Bonchev–Trinajstić information content (AvgIpc) is 2.31. The summed E-state index contributed by atoms with van der Waals surface area (Å²) >= 11 is 0. The van der Waals surface area contributed by atoms with Gasteiger partial charge >= 0.3 is 0 Å². The van der Waals surface area contributed by atoms with Crippen molar-refractivity contribution in [3.8, 4) is 6.07 Å². The number of nitriles is 1. The normalized spacial score (nSPS) is 16.6. The molecule has 0 saturated carbocycles. The lowest BCUT2D eigenvalue weighted by atomic mass is 10.2. The quantitative estimate of drug-likeness (QED) is 0.732. The minimum atomic E-state index is 0.997. The molecule has 1 aliphatic heterocycles. The zero-order valence-corrected chi connectivity index (χ0v) is 10.1. The van der Waals surface area contributed by atoms with E-state index in [0.717, 1.165) is 32.7 Å². The molecule has 0 aromatic rings. The number of hydrogen-bond donors (Lipinski definition) is 1. The molecule has 0 atom stereocenters. The lowest BCUT2D eigenvalue weighted by molar-refractivity contribution is 0.261. The van der Waals surface area contributed by atoms with Gasteiger partial charge < -0.3 is 5.32 Å². The fraction of sp³-hybridized carbons (Fsp3) is 0.462. The second-order valence-corrected chi connectivity index (χ2v) is 3.43. The molecule has 0 spiro atoms. The van der Waals surface area contributed by atoms with Crippen molar-refractivity contribution in [3.63, 3.8) is 0 Å². The van der Waals surface area contributed by atoms with E-state index >= 15 is 0 Å². The molecule has 0 amide bonds. The Bertz CT molecular complexity index is 267. The Morgan fingerprint density at radius 3 is 2.44 bits per heavy atom. The minimum absolute atomic E-state index is 0.997. The fourth-order valence-electron chi connectivity index (χ4n) is 1.46. The predicted octanol–water partition coefficient (Wildman–Crippen LogP) is 1.72. The minimum Gasteiger partial charge on any atom is -0.314 e. The molecule has 3 nitrogen and oxygen atoms in total. The molecule has 0 radical (unpaired) electrons. The Labute approximate surface area is 98.8 Å². The molecule has 16 heavy (non-hydrogen) atoms. The van der Waals surface area contributed by atoms with E-state index in [0.29, 0.717) is 0 Å². The highest BCUT2D eigenvalue weighted by Crippen LogP contribution is 2.02. The van der Waals surface area contributed by atoms with Crippen molar-refractivity contribution < 1.29 is 0 Å². The maximum Gasteiger partial charge on any atom is 0.0587 e. The summed E-state index contributed by atoms with van der Waals surface area (Å²) in [5.74, 6) is 0. The fourth-order valence-corrected chi connectivity index (χ4v) is 1.46. The zero-order valence-electron chi connectivity index (χ0n) is 10.1. The number of allylic oxidation sites excluding steroid dienone is 2. The Kier molecular flexibility index (Phi) is 9.29. The van der Waals surface area contributed by atoms with E-state index in [9.17, 15) is 0 Å². The maximum atomic E-state index is 7.32. The third-order valence-corrected chi connectivity index (χ3v) is 2.21. The van der Waals surface area contributed by atoms with Gasteiger partial charge in [0.05, 0.1) is 6.07 Å². The zero-order chi connectivity index (χ0) is 12.2. The average molecular weight is 219 g/mol. The third-order valence-electron chi connectivity index (χ3n) is 2.21. The van der Waals surface area contributed by atoms with Gasteiger partial charge in [-0.15, -0.1) is 0 Å². The predicted molar refractivity (Wildman–Crippen MR) is 69.1 cm³/mol. The summed E-state index contributed by atoms with van der Waals surface area (Å²) in [6, 6.07) is 1.75. The van der Waals surface area contributed by atoms with Crippen LogP contribution in [0.15, 0.2) is 37.0 Å². The van der Waals surface area contributed by atoms with E-state index in [1.54, 1.807) is 6.07 Å². The molecular weight excluding hydrogens is 198 g/mol. The Hall–Kier alpha value is -1.37. The molecule has 1 N–H and O–H groups in total. The van der Waals surface area contributed by atoms with E-state index in [2.05, 4.69) is 23.4 Å². The molecule has 1 saturated heterocycles. The molecule has 0 unspecified atom stereocenters. The third kappa shape index (κ3) is 6.99. The van der Waals surface area contributed by atoms with Gasteiger partial charge in [0.1, 0.15) is 0 Å². The van der Waals surface area contributed by atoms with E-state index in [1.807, 2.05) is 18.2 Å². The molecule has 0 bridgehead atoms. The SMILES string of the molecule is C=C/C=C(\C=C)CN1CCNCC1.CC#N. The number of hydrogen-bond acceptors (Lipinski definition) is 3. The van der Waals surface area contributed by atoms with Crippen molar-refractivity contribution in [1.82, 2.24) is 10.2 Å². The number of nitrogens with zero attached hydrogens (tertiary/aromatic N) is 2.